The molecule has 0 saturated heterocycles. The standard InChI is InChI=1S/C9H18O2/c1-9(6-8-11)5-3-2-4-7-10/h7,9,11H,2-6,8H2,1H3/t9-/m1/s1. The van der Waals surface area contributed by atoms with Crippen molar-refractivity contribution in [2.24, 2.45) is 5.92 Å². The molecule has 0 aromatic heterocycles. The molecule has 0 heterocycles. The maximum Gasteiger partial charge on any atom is 0.119 e. The van der Waals surface area contributed by atoms with Crippen molar-refractivity contribution in [2.45, 2.75) is 39.0 Å². The summed E-state index contributed by atoms with van der Waals surface area (Å²) in [6.07, 6.45) is 5.79. The van der Waals surface area contributed by atoms with Crippen molar-refractivity contribution in [1.29, 1.82) is 0 Å². The van der Waals surface area contributed by atoms with E-state index >= 15 is 0 Å². The van der Waals surface area contributed by atoms with E-state index in [4.69, 9.17) is 5.11 Å². The Morgan fingerprint density at radius 1 is 1.36 bits per heavy atom. The van der Waals surface area contributed by atoms with E-state index in [0.29, 0.717) is 12.3 Å². The van der Waals surface area contributed by atoms with Crippen LogP contribution in [0.15, 0.2) is 0 Å². The second-order valence-electron chi connectivity index (χ2n) is 3.07. The van der Waals surface area contributed by atoms with Crippen LogP contribution in [-0.4, -0.2) is 18.0 Å². The lowest BCUT2D eigenvalue weighted by atomic mass is 10.0. The average molecular weight is 158 g/mol. The van der Waals surface area contributed by atoms with Gasteiger partial charge in [0.2, 0.25) is 0 Å². The van der Waals surface area contributed by atoms with Gasteiger partial charge in [-0.25, -0.2) is 0 Å². The highest BCUT2D eigenvalue weighted by Gasteiger charge is 1.99. The summed E-state index contributed by atoms with van der Waals surface area (Å²) in [6, 6.07) is 0. The van der Waals surface area contributed by atoms with Gasteiger partial charge in [-0.2, -0.15) is 0 Å². The van der Waals surface area contributed by atoms with Crippen molar-refractivity contribution < 1.29 is 9.90 Å². The Balaban J connectivity index is 3.03. The summed E-state index contributed by atoms with van der Waals surface area (Å²) in [5, 5.41) is 8.58. The summed E-state index contributed by atoms with van der Waals surface area (Å²) in [5.74, 6) is 0.603. The number of aliphatic hydroxyl groups excluding tert-OH is 1. The van der Waals surface area contributed by atoms with Crippen molar-refractivity contribution in [2.75, 3.05) is 6.61 Å². The van der Waals surface area contributed by atoms with Crippen LogP contribution in [0.5, 0.6) is 0 Å². The Bertz CT molecular complexity index is 91.6. The van der Waals surface area contributed by atoms with Gasteiger partial charge in [-0.15, -0.1) is 0 Å². The predicted molar refractivity (Wildman–Crippen MR) is 45.4 cm³/mol. The smallest absolute Gasteiger partial charge is 0.119 e. The van der Waals surface area contributed by atoms with Crippen molar-refractivity contribution in [3.8, 4) is 0 Å². The lowest BCUT2D eigenvalue weighted by molar-refractivity contribution is -0.107. The normalized spacial score (nSPS) is 12.9. The molecule has 0 rings (SSSR count). The summed E-state index contributed by atoms with van der Waals surface area (Å²) in [6.45, 7) is 2.42. The maximum absolute atomic E-state index is 9.94. The highest BCUT2D eigenvalue weighted by atomic mass is 16.3. The second-order valence-corrected chi connectivity index (χ2v) is 3.07. The highest BCUT2D eigenvalue weighted by molar-refractivity contribution is 5.48. The Hall–Kier alpha value is -0.370. The Labute approximate surface area is 68.6 Å². The van der Waals surface area contributed by atoms with E-state index in [2.05, 4.69) is 6.92 Å². The molecule has 0 unspecified atom stereocenters. The largest absolute Gasteiger partial charge is 0.396 e. The first-order valence-corrected chi connectivity index (χ1v) is 4.35. The first kappa shape index (κ1) is 10.6. The Morgan fingerprint density at radius 3 is 2.64 bits per heavy atom. The van der Waals surface area contributed by atoms with Crippen LogP contribution in [-0.2, 0) is 4.79 Å². The number of carbonyl (C=O) groups excluding carboxylic acids is 1. The molecule has 0 aliphatic heterocycles. The summed E-state index contributed by atoms with van der Waals surface area (Å²) in [5.41, 5.74) is 0. The molecule has 0 aliphatic carbocycles. The van der Waals surface area contributed by atoms with Crippen molar-refractivity contribution in [3.05, 3.63) is 0 Å². The fourth-order valence-corrected chi connectivity index (χ4v) is 1.09. The minimum absolute atomic E-state index is 0.287. The average Bonchev–Trinajstić information content (AvgIpc) is 1.99. The first-order chi connectivity index (χ1) is 5.31. The van der Waals surface area contributed by atoms with E-state index in [1.165, 1.54) is 0 Å². The van der Waals surface area contributed by atoms with Gasteiger partial charge in [-0.3, -0.25) is 0 Å². The molecule has 11 heavy (non-hydrogen) atoms. The number of carbonyl (C=O) groups is 1. The van der Waals surface area contributed by atoms with Crippen molar-refractivity contribution in [3.63, 3.8) is 0 Å². The van der Waals surface area contributed by atoms with Gasteiger partial charge in [-0.05, 0) is 18.8 Å². The molecule has 0 aliphatic rings. The van der Waals surface area contributed by atoms with E-state index in [-0.39, 0.29) is 6.61 Å². The van der Waals surface area contributed by atoms with Crippen LogP contribution in [0.4, 0.5) is 0 Å². The highest BCUT2D eigenvalue weighted by Crippen LogP contribution is 2.11. The molecule has 0 fully saturated rings. The Kier molecular flexibility index (Phi) is 7.47. The monoisotopic (exact) mass is 158 g/mol. The van der Waals surface area contributed by atoms with Gasteiger partial charge in [0.1, 0.15) is 6.29 Å². The quantitative estimate of drug-likeness (QED) is 0.453. The van der Waals surface area contributed by atoms with E-state index in [0.717, 1.165) is 32.0 Å². The van der Waals surface area contributed by atoms with E-state index in [9.17, 15) is 4.79 Å². The van der Waals surface area contributed by atoms with Gasteiger partial charge >= 0.3 is 0 Å². The summed E-state index contributed by atoms with van der Waals surface area (Å²) >= 11 is 0. The van der Waals surface area contributed by atoms with Gasteiger partial charge < -0.3 is 9.90 Å². The van der Waals surface area contributed by atoms with Gasteiger partial charge in [0, 0.05) is 13.0 Å². The molecule has 0 aromatic carbocycles. The Morgan fingerprint density at radius 2 is 2.09 bits per heavy atom. The molecule has 0 amide bonds. The lowest BCUT2D eigenvalue weighted by Gasteiger charge is -2.07. The maximum atomic E-state index is 9.94. The molecule has 0 spiro atoms. The molecule has 0 radical (unpaired) electrons. The van der Waals surface area contributed by atoms with Crippen LogP contribution < -0.4 is 0 Å². The van der Waals surface area contributed by atoms with Crippen LogP contribution in [0.25, 0.3) is 0 Å². The van der Waals surface area contributed by atoms with E-state index in [1.54, 1.807) is 0 Å². The zero-order chi connectivity index (χ0) is 8.53. The zero-order valence-electron chi connectivity index (χ0n) is 7.25. The molecule has 0 aromatic rings. The van der Waals surface area contributed by atoms with Gasteiger partial charge in [0.15, 0.2) is 0 Å². The van der Waals surface area contributed by atoms with Crippen LogP contribution in [0.3, 0.4) is 0 Å². The third kappa shape index (κ3) is 7.53. The molecule has 2 nitrogen and oxygen atoms in total. The number of aliphatic hydroxyl groups is 1. The van der Waals surface area contributed by atoms with Gasteiger partial charge in [-0.1, -0.05) is 19.8 Å². The topological polar surface area (TPSA) is 37.3 Å². The van der Waals surface area contributed by atoms with E-state index < -0.39 is 0 Å². The van der Waals surface area contributed by atoms with Crippen LogP contribution in [0.1, 0.15) is 39.0 Å². The molecular weight excluding hydrogens is 140 g/mol. The minimum Gasteiger partial charge on any atom is -0.396 e. The minimum atomic E-state index is 0.287. The van der Waals surface area contributed by atoms with Gasteiger partial charge in [0.05, 0.1) is 0 Å². The van der Waals surface area contributed by atoms with Crippen molar-refractivity contribution >= 4 is 6.29 Å². The molecule has 0 bridgehead atoms. The second kappa shape index (κ2) is 7.73. The van der Waals surface area contributed by atoms with E-state index in [1.807, 2.05) is 0 Å². The third-order valence-corrected chi connectivity index (χ3v) is 1.89. The summed E-state index contributed by atoms with van der Waals surface area (Å²) < 4.78 is 0. The molecular formula is C9H18O2. The number of hydrogen-bond acceptors (Lipinski definition) is 2. The number of unbranched alkanes of at least 4 members (excludes halogenated alkanes) is 2. The zero-order valence-corrected chi connectivity index (χ0v) is 7.25. The van der Waals surface area contributed by atoms with Gasteiger partial charge in [0.25, 0.3) is 0 Å². The molecule has 0 saturated carbocycles. The summed E-state index contributed by atoms with van der Waals surface area (Å²) in [4.78, 5) is 9.94. The third-order valence-electron chi connectivity index (χ3n) is 1.89. The lowest BCUT2D eigenvalue weighted by Crippen LogP contribution is -1.97. The molecule has 1 atom stereocenters. The fourth-order valence-electron chi connectivity index (χ4n) is 1.09. The molecule has 66 valence electrons. The number of rotatable bonds is 7. The van der Waals surface area contributed by atoms with Crippen molar-refractivity contribution in [1.82, 2.24) is 0 Å². The number of aldehydes is 1. The van der Waals surface area contributed by atoms with Crippen LogP contribution >= 0.6 is 0 Å². The summed E-state index contributed by atoms with van der Waals surface area (Å²) in [7, 11) is 0. The molecule has 2 heteroatoms. The first-order valence-electron chi connectivity index (χ1n) is 4.35. The molecule has 1 N–H and O–H groups in total. The van der Waals surface area contributed by atoms with Crippen LogP contribution in [0, 0.1) is 5.92 Å². The number of hydrogen-bond donors (Lipinski definition) is 1. The SMILES string of the molecule is C[C@@H](CCO)CCCCC=O. The van der Waals surface area contributed by atoms with Crippen LogP contribution in [0.2, 0.25) is 0 Å². The fraction of sp³-hybridized carbons (Fsp3) is 0.889. The predicted octanol–water partition coefficient (Wildman–Crippen LogP) is 1.76.